The van der Waals surface area contributed by atoms with Crippen LogP contribution in [0.1, 0.15) is 13.8 Å². The van der Waals surface area contributed by atoms with E-state index in [1.165, 1.54) is 28.8 Å². The lowest BCUT2D eigenvalue weighted by Gasteiger charge is -2.15. The van der Waals surface area contributed by atoms with Gasteiger partial charge in [-0.25, -0.2) is 9.37 Å². The molecule has 0 aliphatic heterocycles. The summed E-state index contributed by atoms with van der Waals surface area (Å²) in [5.41, 5.74) is 0.739. The van der Waals surface area contributed by atoms with E-state index in [2.05, 4.69) is 4.98 Å². The normalized spacial score (nSPS) is 12.1. The van der Waals surface area contributed by atoms with Crippen LogP contribution in [0, 0.1) is 5.82 Å². The van der Waals surface area contributed by atoms with Crippen molar-refractivity contribution in [3.63, 3.8) is 0 Å². The van der Waals surface area contributed by atoms with Gasteiger partial charge >= 0.3 is 5.97 Å². The summed E-state index contributed by atoms with van der Waals surface area (Å²) in [5, 5.41) is 0.250. The Balaban J connectivity index is 2.16. The van der Waals surface area contributed by atoms with Gasteiger partial charge in [0.2, 0.25) is 0 Å². The number of fused-ring (bicyclic) bond motifs is 1. The van der Waals surface area contributed by atoms with Crippen molar-refractivity contribution in [1.29, 1.82) is 0 Å². The maximum Gasteiger partial charge on any atom is 0.319 e. The van der Waals surface area contributed by atoms with Gasteiger partial charge in [0, 0.05) is 0 Å². The van der Waals surface area contributed by atoms with Crippen LogP contribution in [0.4, 0.5) is 4.39 Å². The molecule has 0 N–H and O–H groups in total. The van der Waals surface area contributed by atoms with Crippen molar-refractivity contribution in [2.24, 2.45) is 0 Å². The average molecular weight is 372 g/mol. The van der Waals surface area contributed by atoms with Crippen LogP contribution >= 0.6 is 11.8 Å². The predicted molar refractivity (Wildman–Crippen MR) is 99.3 cm³/mol. The van der Waals surface area contributed by atoms with Crippen LogP contribution in [0.3, 0.4) is 0 Å². The molecule has 0 spiro atoms. The van der Waals surface area contributed by atoms with Crippen molar-refractivity contribution in [1.82, 2.24) is 9.55 Å². The summed E-state index contributed by atoms with van der Waals surface area (Å²) in [6.07, 6.45) is 0. The smallest absolute Gasteiger partial charge is 0.319 e. The molecule has 1 heterocycles. The first-order valence-corrected chi connectivity index (χ1v) is 9.00. The fraction of sp³-hybridized carbons (Fsp3) is 0.211. The Labute approximate surface area is 153 Å². The van der Waals surface area contributed by atoms with E-state index in [4.69, 9.17) is 4.74 Å². The van der Waals surface area contributed by atoms with Gasteiger partial charge in [0.05, 0.1) is 23.2 Å². The van der Waals surface area contributed by atoms with E-state index in [1.807, 2.05) is 0 Å². The lowest BCUT2D eigenvalue weighted by atomic mass is 10.2. The summed E-state index contributed by atoms with van der Waals surface area (Å²) in [4.78, 5) is 29.5. The molecule has 7 heteroatoms. The molecule has 0 saturated heterocycles. The SMILES string of the molecule is CCOC(=O)[C@@H](C)Sc1nc2ccccc2c(=O)n1-c1ccc(F)cc1. The van der Waals surface area contributed by atoms with Crippen LogP contribution in [0.2, 0.25) is 0 Å². The largest absolute Gasteiger partial charge is 0.465 e. The number of benzene rings is 2. The van der Waals surface area contributed by atoms with Gasteiger partial charge < -0.3 is 4.74 Å². The van der Waals surface area contributed by atoms with Crippen LogP contribution in [-0.4, -0.2) is 27.4 Å². The maximum absolute atomic E-state index is 13.3. The van der Waals surface area contributed by atoms with Crippen molar-refractivity contribution in [3.05, 3.63) is 64.7 Å². The number of ether oxygens (including phenoxy) is 1. The van der Waals surface area contributed by atoms with Crippen molar-refractivity contribution < 1.29 is 13.9 Å². The Bertz CT molecular complexity index is 1000. The molecule has 1 aromatic heterocycles. The third kappa shape index (κ3) is 3.62. The van der Waals surface area contributed by atoms with E-state index in [-0.39, 0.29) is 18.1 Å². The quantitative estimate of drug-likeness (QED) is 0.389. The van der Waals surface area contributed by atoms with Gasteiger partial charge in [-0.15, -0.1) is 0 Å². The van der Waals surface area contributed by atoms with Gasteiger partial charge in [-0.3, -0.25) is 14.2 Å². The second-order valence-electron chi connectivity index (χ2n) is 5.54. The van der Waals surface area contributed by atoms with Crippen LogP contribution in [0.5, 0.6) is 0 Å². The molecule has 134 valence electrons. The van der Waals surface area contributed by atoms with Crippen LogP contribution < -0.4 is 5.56 Å². The summed E-state index contributed by atoms with van der Waals surface area (Å²) in [7, 11) is 0. The molecule has 0 aliphatic rings. The summed E-state index contributed by atoms with van der Waals surface area (Å²) >= 11 is 1.13. The molecule has 0 bridgehead atoms. The van der Waals surface area contributed by atoms with Gasteiger partial charge in [0.1, 0.15) is 11.1 Å². The summed E-state index contributed by atoms with van der Waals surface area (Å²) < 4.78 is 19.7. The van der Waals surface area contributed by atoms with E-state index in [9.17, 15) is 14.0 Å². The van der Waals surface area contributed by atoms with E-state index >= 15 is 0 Å². The predicted octanol–water partition coefficient (Wildman–Crippen LogP) is 3.57. The highest BCUT2D eigenvalue weighted by Gasteiger charge is 2.21. The number of thioether (sulfide) groups is 1. The Morgan fingerprint density at radius 2 is 1.92 bits per heavy atom. The van der Waals surface area contributed by atoms with Crippen molar-refractivity contribution in [2.45, 2.75) is 24.3 Å². The van der Waals surface area contributed by atoms with Crippen LogP contribution in [0.15, 0.2) is 58.5 Å². The minimum Gasteiger partial charge on any atom is -0.465 e. The highest BCUT2D eigenvalue weighted by molar-refractivity contribution is 8.00. The summed E-state index contributed by atoms with van der Waals surface area (Å²) in [6.45, 7) is 3.71. The number of nitrogens with zero attached hydrogens (tertiary/aromatic N) is 2. The molecule has 26 heavy (non-hydrogen) atoms. The Kier molecular flexibility index (Phi) is 5.37. The van der Waals surface area contributed by atoms with Gasteiger partial charge in [-0.2, -0.15) is 0 Å². The second kappa shape index (κ2) is 7.70. The first kappa shape index (κ1) is 18.1. The topological polar surface area (TPSA) is 61.2 Å². The Morgan fingerprint density at radius 3 is 2.62 bits per heavy atom. The monoisotopic (exact) mass is 372 g/mol. The number of para-hydroxylation sites is 1. The number of carbonyl (C=O) groups is 1. The first-order valence-electron chi connectivity index (χ1n) is 8.12. The zero-order valence-corrected chi connectivity index (χ0v) is 15.1. The molecule has 5 nitrogen and oxygen atoms in total. The lowest BCUT2D eigenvalue weighted by Crippen LogP contribution is -2.24. The lowest BCUT2D eigenvalue weighted by molar-refractivity contribution is -0.142. The van der Waals surface area contributed by atoms with Crippen molar-refractivity contribution >= 4 is 28.6 Å². The van der Waals surface area contributed by atoms with Crippen molar-refractivity contribution in [3.8, 4) is 5.69 Å². The molecule has 1 atom stereocenters. The van der Waals surface area contributed by atoms with E-state index in [1.54, 1.807) is 38.1 Å². The average Bonchev–Trinajstić information content (AvgIpc) is 2.63. The Hall–Kier alpha value is -2.67. The fourth-order valence-electron chi connectivity index (χ4n) is 2.48. The molecule has 3 rings (SSSR count). The molecule has 0 radical (unpaired) electrons. The van der Waals surface area contributed by atoms with E-state index in [0.717, 1.165) is 11.8 Å². The standard InChI is InChI=1S/C19H17FN2O3S/c1-3-25-18(24)12(2)26-19-21-16-7-5-4-6-15(16)17(23)22(19)14-10-8-13(20)9-11-14/h4-12H,3H2,1-2H3/t12-/m1/s1. The molecule has 0 amide bonds. The van der Waals surface area contributed by atoms with Crippen molar-refractivity contribution in [2.75, 3.05) is 6.61 Å². The number of hydrogen-bond acceptors (Lipinski definition) is 5. The molecule has 0 aliphatic carbocycles. The number of carbonyl (C=O) groups excluding carboxylic acids is 1. The third-order valence-electron chi connectivity index (χ3n) is 3.73. The van der Waals surface area contributed by atoms with Crippen LogP contribution in [0.25, 0.3) is 16.6 Å². The van der Waals surface area contributed by atoms with Crippen LogP contribution in [-0.2, 0) is 9.53 Å². The molecule has 0 saturated carbocycles. The molecule has 0 unspecified atom stereocenters. The highest BCUT2D eigenvalue weighted by atomic mass is 32.2. The molecule has 2 aromatic carbocycles. The molecule has 0 fully saturated rings. The number of rotatable bonds is 5. The van der Waals surface area contributed by atoms with E-state index in [0.29, 0.717) is 21.7 Å². The fourth-order valence-corrected chi connectivity index (χ4v) is 3.40. The number of halogens is 1. The zero-order chi connectivity index (χ0) is 18.7. The number of hydrogen-bond donors (Lipinski definition) is 0. The minimum absolute atomic E-state index is 0.277. The minimum atomic E-state index is -0.547. The van der Waals surface area contributed by atoms with E-state index < -0.39 is 11.1 Å². The number of esters is 1. The van der Waals surface area contributed by atoms with Gasteiger partial charge in [-0.05, 0) is 50.2 Å². The first-order chi connectivity index (χ1) is 12.5. The zero-order valence-electron chi connectivity index (χ0n) is 14.3. The molecular weight excluding hydrogens is 355 g/mol. The van der Waals surface area contributed by atoms with Gasteiger partial charge in [0.15, 0.2) is 5.16 Å². The number of aromatic nitrogens is 2. The molecular formula is C19H17FN2O3S. The third-order valence-corrected chi connectivity index (χ3v) is 4.76. The van der Waals surface area contributed by atoms with Gasteiger partial charge in [0.25, 0.3) is 5.56 Å². The maximum atomic E-state index is 13.3. The second-order valence-corrected chi connectivity index (χ2v) is 6.85. The summed E-state index contributed by atoms with van der Waals surface area (Å²) in [5.74, 6) is -0.782. The van der Waals surface area contributed by atoms with Gasteiger partial charge in [-0.1, -0.05) is 23.9 Å². The molecule has 3 aromatic rings. The highest BCUT2D eigenvalue weighted by Crippen LogP contribution is 2.25. The Morgan fingerprint density at radius 1 is 1.23 bits per heavy atom. The summed E-state index contributed by atoms with van der Waals surface area (Å²) in [6, 6.07) is 12.5.